The number of nitro benzene ring substituents is 1. The summed E-state index contributed by atoms with van der Waals surface area (Å²) >= 11 is 0. The van der Waals surface area contributed by atoms with Gasteiger partial charge in [-0.25, -0.2) is 4.79 Å². The molecule has 1 aliphatic rings. The number of carboxylic acid groups (broad SMARTS) is 1. The number of nitrogens with zero attached hydrogens (tertiary/aromatic N) is 2. The number of hydrogen-bond donors (Lipinski definition) is 4. The number of halogens is 3. The van der Waals surface area contributed by atoms with Crippen molar-refractivity contribution in [2.24, 2.45) is 5.73 Å². The first-order chi connectivity index (χ1) is 16.3. The Labute approximate surface area is 196 Å². The Balaban J connectivity index is 0.000000540. The number of amides is 2. The van der Waals surface area contributed by atoms with Gasteiger partial charge in [-0.1, -0.05) is 30.3 Å². The fraction of sp³-hybridized carbons (Fsp3) is 0.238. The highest BCUT2D eigenvalue weighted by atomic mass is 19.4. The van der Waals surface area contributed by atoms with E-state index < -0.39 is 29.0 Å². The van der Waals surface area contributed by atoms with E-state index in [9.17, 15) is 32.9 Å². The van der Waals surface area contributed by atoms with Gasteiger partial charge in [0, 0.05) is 24.7 Å². The van der Waals surface area contributed by atoms with Gasteiger partial charge in [0.05, 0.1) is 4.92 Å². The molecular formula is C21H20F3N5O6. The molecule has 3 rings (SSSR count). The van der Waals surface area contributed by atoms with Crippen LogP contribution in [0.4, 0.5) is 18.9 Å². The van der Waals surface area contributed by atoms with Gasteiger partial charge in [-0.3, -0.25) is 25.1 Å². The Bertz CT molecular complexity index is 1150. The first kappa shape index (κ1) is 26.8. The zero-order chi connectivity index (χ0) is 26.3. The molecule has 2 aromatic carbocycles. The molecule has 2 amide bonds. The van der Waals surface area contributed by atoms with Gasteiger partial charge in [0.25, 0.3) is 11.6 Å². The number of nitrogens with one attached hydrogen (secondary N) is 2. The lowest BCUT2D eigenvalue weighted by Crippen LogP contribution is -2.41. The van der Waals surface area contributed by atoms with Gasteiger partial charge >= 0.3 is 12.1 Å². The molecule has 2 aromatic rings. The summed E-state index contributed by atoms with van der Waals surface area (Å²) in [5, 5.41) is 28.3. The summed E-state index contributed by atoms with van der Waals surface area (Å²) in [5.41, 5.74) is 6.51. The van der Waals surface area contributed by atoms with Crippen LogP contribution in [0, 0.1) is 15.5 Å². The third kappa shape index (κ3) is 7.25. The maximum Gasteiger partial charge on any atom is 0.490 e. The van der Waals surface area contributed by atoms with Crippen molar-refractivity contribution in [3.8, 4) is 0 Å². The van der Waals surface area contributed by atoms with Crippen molar-refractivity contribution < 1.29 is 37.6 Å². The molecule has 0 radical (unpaired) electrons. The molecule has 1 atom stereocenters. The minimum Gasteiger partial charge on any atom is -0.475 e. The van der Waals surface area contributed by atoms with Gasteiger partial charge < -0.3 is 21.1 Å². The molecule has 0 aliphatic carbocycles. The van der Waals surface area contributed by atoms with Gasteiger partial charge in [-0.15, -0.1) is 0 Å². The first-order valence-corrected chi connectivity index (χ1v) is 9.87. The zero-order valence-corrected chi connectivity index (χ0v) is 17.9. The molecule has 186 valence electrons. The fourth-order valence-electron chi connectivity index (χ4n) is 3.15. The van der Waals surface area contributed by atoms with Crippen LogP contribution in [-0.4, -0.2) is 57.3 Å². The topological polar surface area (TPSA) is 180 Å². The Morgan fingerprint density at radius 2 is 1.86 bits per heavy atom. The number of rotatable bonds is 6. The minimum absolute atomic E-state index is 0.0517. The average Bonchev–Trinajstić information content (AvgIpc) is 3.12. The smallest absolute Gasteiger partial charge is 0.475 e. The third-order valence-corrected chi connectivity index (χ3v) is 4.80. The number of amidine groups is 1. The van der Waals surface area contributed by atoms with Crippen molar-refractivity contribution in [1.82, 2.24) is 10.2 Å². The van der Waals surface area contributed by atoms with E-state index in [1.807, 2.05) is 6.07 Å². The largest absolute Gasteiger partial charge is 0.490 e. The van der Waals surface area contributed by atoms with Crippen LogP contribution in [0.3, 0.4) is 0 Å². The molecule has 35 heavy (non-hydrogen) atoms. The van der Waals surface area contributed by atoms with Gasteiger partial charge in [0.15, 0.2) is 0 Å². The molecule has 0 saturated carbocycles. The number of aliphatic carboxylic acids is 1. The van der Waals surface area contributed by atoms with Gasteiger partial charge in [-0.2, -0.15) is 13.2 Å². The SMILES string of the molecule is N=C(N)c1cccc(CN2CC[C@H](NC(=O)c3ccccc3[N+](=O)[O-])C2=O)c1.O=C(O)C(F)(F)F. The summed E-state index contributed by atoms with van der Waals surface area (Å²) in [6, 6.07) is 11.9. The number of para-hydroxylation sites is 1. The Morgan fingerprint density at radius 1 is 1.23 bits per heavy atom. The van der Waals surface area contributed by atoms with Crippen LogP contribution in [-0.2, 0) is 16.1 Å². The number of nitrogens with two attached hydrogens (primary N) is 1. The second-order valence-corrected chi connectivity index (χ2v) is 7.27. The van der Waals surface area contributed by atoms with Crippen molar-refractivity contribution in [2.45, 2.75) is 25.2 Å². The number of hydrogen-bond acceptors (Lipinski definition) is 6. The van der Waals surface area contributed by atoms with Crippen LogP contribution >= 0.6 is 0 Å². The van der Waals surface area contributed by atoms with E-state index in [4.69, 9.17) is 21.0 Å². The predicted octanol–water partition coefficient (Wildman–Crippen LogP) is 2.04. The van der Waals surface area contributed by atoms with Gasteiger partial charge in [0.2, 0.25) is 5.91 Å². The maximum absolute atomic E-state index is 12.6. The lowest BCUT2D eigenvalue weighted by atomic mass is 10.1. The van der Waals surface area contributed by atoms with E-state index in [0.29, 0.717) is 25.1 Å². The number of likely N-dealkylation sites (tertiary alicyclic amines) is 1. The number of alkyl halides is 3. The molecular weight excluding hydrogens is 475 g/mol. The second-order valence-electron chi connectivity index (χ2n) is 7.27. The lowest BCUT2D eigenvalue weighted by Gasteiger charge is -2.17. The molecule has 0 bridgehead atoms. The average molecular weight is 495 g/mol. The quantitative estimate of drug-likeness (QED) is 0.205. The standard InChI is InChI=1S/C19H19N5O4.C2HF3O2/c20-17(21)13-5-3-4-12(10-13)11-23-9-8-15(19(23)26)22-18(25)14-6-1-2-7-16(14)24(27)28;3-2(4,5)1(6)7/h1-7,10,15H,8-9,11H2,(H3,20,21)(H,22,25);(H,6,7)/t15-;/m0./s1. The monoisotopic (exact) mass is 495 g/mol. The van der Waals surface area contributed by atoms with Crippen LogP contribution in [0.2, 0.25) is 0 Å². The Hall–Kier alpha value is -4.49. The van der Waals surface area contributed by atoms with Crippen LogP contribution in [0.15, 0.2) is 48.5 Å². The third-order valence-electron chi connectivity index (χ3n) is 4.80. The summed E-state index contributed by atoms with van der Waals surface area (Å²) < 4.78 is 31.7. The highest BCUT2D eigenvalue weighted by Gasteiger charge is 2.38. The number of carboxylic acids is 1. The van der Waals surface area contributed by atoms with Crippen molar-refractivity contribution in [2.75, 3.05) is 6.54 Å². The van der Waals surface area contributed by atoms with Gasteiger partial charge in [0.1, 0.15) is 17.4 Å². The van der Waals surface area contributed by atoms with E-state index in [1.165, 1.54) is 24.3 Å². The van der Waals surface area contributed by atoms with Crippen LogP contribution in [0.25, 0.3) is 0 Å². The second kappa shape index (κ2) is 11.1. The van der Waals surface area contributed by atoms with Crippen molar-refractivity contribution in [1.29, 1.82) is 5.41 Å². The van der Waals surface area contributed by atoms with Crippen LogP contribution in [0.1, 0.15) is 27.9 Å². The molecule has 1 fully saturated rings. The number of benzene rings is 2. The summed E-state index contributed by atoms with van der Waals surface area (Å²) in [6.45, 7) is 0.781. The molecule has 0 unspecified atom stereocenters. The number of nitro groups is 1. The highest BCUT2D eigenvalue weighted by molar-refractivity contribution is 6.01. The molecule has 1 heterocycles. The van der Waals surface area contributed by atoms with Crippen LogP contribution in [0.5, 0.6) is 0 Å². The summed E-state index contributed by atoms with van der Waals surface area (Å²) in [4.78, 5) is 46.0. The molecule has 0 spiro atoms. The highest BCUT2D eigenvalue weighted by Crippen LogP contribution is 2.20. The predicted molar refractivity (Wildman–Crippen MR) is 116 cm³/mol. The minimum atomic E-state index is -5.08. The Kier molecular flexibility index (Phi) is 8.48. The first-order valence-electron chi connectivity index (χ1n) is 9.87. The summed E-state index contributed by atoms with van der Waals surface area (Å²) in [7, 11) is 0. The molecule has 5 N–H and O–H groups in total. The van der Waals surface area contributed by atoms with E-state index >= 15 is 0 Å². The van der Waals surface area contributed by atoms with Crippen LogP contribution < -0.4 is 11.1 Å². The molecule has 11 nitrogen and oxygen atoms in total. The number of carbonyl (C=O) groups excluding carboxylic acids is 2. The Morgan fingerprint density at radius 3 is 2.43 bits per heavy atom. The number of nitrogen functional groups attached to an aromatic ring is 1. The summed E-state index contributed by atoms with van der Waals surface area (Å²) in [6.07, 6.45) is -4.67. The molecule has 0 aromatic heterocycles. The van der Waals surface area contributed by atoms with Crippen molar-refractivity contribution >= 4 is 29.3 Å². The maximum atomic E-state index is 12.6. The normalized spacial score (nSPS) is 15.1. The zero-order valence-electron chi connectivity index (χ0n) is 17.9. The fourth-order valence-corrected chi connectivity index (χ4v) is 3.15. The molecule has 1 saturated heterocycles. The molecule has 14 heteroatoms. The van der Waals surface area contributed by atoms with Crippen molar-refractivity contribution in [3.63, 3.8) is 0 Å². The lowest BCUT2D eigenvalue weighted by molar-refractivity contribution is -0.385. The number of carbonyl (C=O) groups is 3. The van der Waals surface area contributed by atoms with Gasteiger partial charge in [-0.05, 0) is 24.1 Å². The van der Waals surface area contributed by atoms with E-state index in [1.54, 1.807) is 23.1 Å². The van der Waals surface area contributed by atoms with E-state index in [-0.39, 0.29) is 23.0 Å². The van der Waals surface area contributed by atoms with E-state index in [0.717, 1.165) is 5.56 Å². The van der Waals surface area contributed by atoms with E-state index in [2.05, 4.69) is 5.32 Å². The molecule has 1 aliphatic heterocycles. The summed E-state index contributed by atoms with van der Waals surface area (Å²) in [5.74, 6) is -3.71. The van der Waals surface area contributed by atoms with Crippen molar-refractivity contribution in [3.05, 3.63) is 75.3 Å².